The van der Waals surface area contributed by atoms with Crippen LogP contribution in [0.25, 0.3) is 22.4 Å². The quantitative estimate of drug-likeness (QED) is 0.167. The lowest BCUT2D eigenvalue weighted by molar-refractivity contribution is 0.389. The summed E-state index contributed by atoms with van der Waals surface area (Å²) in [6.45, 7) is 1.30. The van der Waals surface area contributed by atoms with Gasteiger partial charge in [-0.15, -0.1) is 0 Å². The lowest BCUT2D eigenvalue weighted by Gasteiger charge is -2.42. The van der Waals surface area contributed by atoms with E-state index in [1.165, 1.54) is 23.3 Å². The molecule has 4 N–H and O–H groups in total. The Morgan fingerprint density at radius 2 is 1.11 bits per heavy atom. The molecule has 0 unspecified atom stereocenters. The van der Waals surface area contributed by atoms with Gasteiger partial charge >= 0.3 is 0 Å². The fourth-order valence-electron chi connectivity index (χ4n) is 7.65. The van der Waals surface area contributed by atoms with Crippen molar-refractivity contribution in [3.05, 3.63) is 138 Å². The molecule has 8 aromatic rings. The number of fused-ring (bicyclic) bond motifs is 2. The first-order valence-electron chi connectivity index (χ1n) is 19.2. The third kappa shape index (κ3) is 8.43. The van der Waals surface area contributed by atoms with Crippen molar-refractivity contribution >= 4 is 101 Å². The van der Waals surface area contributed by atoms with Crippen molar-refractivity contribution in [1.29, 1.82) is 5.26 Å². The molecule has 10 rings (SSSR count). The largest absolute Gasteiger partial charge is 0.480 e. The molecule has 0 aliphatic carbocycles. The molecule has 0 spiro atoms. The van der Waals surface area contributed by atoms with Crippen LogP contribution in [0, 0.1) is 11.3 Å². The van der Waals surface area contributed by atoms with E-state index in [1.54, 1.807) is 33.7 Å². The number of ether oxygens (including phenoxy) is 2. The van der Waals surface area contributed by atoms with Gasteiger partial charge in [-0.3, -0.25) is 18.7 Å². The number of nitrogens with zero attached hydrogens (tertiary/aromatic N) is 13. The Morgan fingerprint density at radius 3 is 1.52 bits per heavy atom. The third-order valence-electron chi connectivity index (χ3n) is 10.7. The average Bonchev–Trinajstić information content (AvgIpc) is 3.83. The Balaban J connectivity index is 0.000000209. The number of methoxy groups -OCH3 is 2. The smallest absolute Gasteiger partial charge is 0.284 e. The third-order valence-corrected chi connectivity index (χ3v) is 12.0. The molecule has 0 bridgehead atoms. The number of hydrogen-bond acceptors (Lipinski definition) is 15. The van der Waals surface area contributed by atoms with E-state index in [0.29, 0.717) is 80.1 Å². The highest BCUT2D eigenvalue weighted by molar-refractivity contribution is 9.10. The Morgan fingerprint density at radius 1 is 0.682 bits per heavy atom. The highest BCUT2D eigenvalue weighted by atomic mass is 79.9. The second-order valence-electron chi connectivity index (χ2n) is 14.2. The number of hydrogen-bond donors (Lipinski definition) is 2. The number of anilines is 4. The van der Waals surface area contributed by atoms with Crippen molar-refractivity contribution in [2.75, 3.05) is 48.6 Å². The van der Waals surface area contributed by atoms with Gasteiger partial charge in [0.1, 0.15) is 21.6 Å². The predicted octanol–water partition coefficient (Wildman–Crippen LogP) is 6.44. The van der Waals surface area contributed by atoms with Crippen molar-refractivity contribution in [3.8, 4) is 29.2 Å². The zero-order valence-electron chi connectivity index (χ0n) is 34.3. The number of nitrogens with two attached hydrogens (primary N) is 2. The van der Waals surface area contributed by atoms with Crippen molar-refractivity contribution in [3.63, 3.8) is 0 Å². The lowest BCUT2D eigenvalue weighted by atomic mass is 10.0. The summed E-state index contributed by atoms with van der Waals surface area (Å²) in [4.78, 5) is 47.6. The highest BCUT2D eigenvalue weighted by Crippen LogP contribution is 2.43. The van der Waals surface area contributed by atoms with Crippen LogP contribution in [0.15, 0.2) is 99.3 Å². The lowest BCUT2D eigenvalue weighted by Crippen LogP contribution is -2.45. The monoisotopic (exact) mass is 1030 g/mol. The van der Waals surface area contributed by atoms with Crippen LogP contribution in [0.3, 0.4) is 0 Å². The summed E-state index contributed by atoms with van der Waals surface area (Å²) >= 11 is 16.1. The van der Waals surface area contributed by atoms with Crippen LogP contribution in [-0.2, 0) is 0 Å². The van der Waals surface area contributed by atoms with Crippen molar-refractivity contribution in [2.45, 2.75) is 32.4 Å². The number of nitriles is 1. The number of rotatable bonds is 8. The van der Waals surface area contributed by atoms with Gasteiger partial charge in [0.15, 0.2) is 28.8 Å². The van der Waals surface area contributed by atoms with Crippen LogP contribution in [0.4, 0.5) is 23.5 Å². The Labute approximate surface area is 409 Å². The van der Waals surface area contributed by atoms with Crippen LogP contribution in [0.2, 0.25) is 10.0 Å². The molecule has 2 aliphatic rings. The zero-order chi connectivity index (χ0) is 44.1. The van der Waals surface area contributed by atoms with Gasteiger partial charge in [0.05, 0.1) is 47.7 Å². The van der Waals surface area contributed by atoms with Gasteiger partial charge in [-0.2, -0.15) is 62.4 Å². The molecule has 6 aromatic heterocycles. The summed E-state index contributed by atoms with van der Waals surface area (Å²) < 4.78 is 17.3. The molecular formula is C42H42BrCl2N15O4S2. The minimum absolute atomic E-state index is 0. The molecule has 24 heteroatoms. The van der Waals surface area contributed by atoms with E-state index >= 15 is 0 Å². The highest BCUT2D eigenvalue weighted by Gasteiger charge is 2.39. The zero-order valence-corrected chi connectivity index (χ0v) is 39.4. The first kappa shape index (κ1) is 48.9. The fourth-order valence-corrected chi connectivity index (χ4v) is 8.67. The summed E-state index contributed by atoms with van der Waals surface area (Å²) in [6, 6.07) is 23.4. The van der Waals surface area contributed by atoms with E-state index in [0.717, 1.165) is 6.42 Å². The molecule has 66 heavy (non-hydrogen) atoms. The summed E-state index contributed by atoms with van der Waals surface area (Å²) in [6.07, 6.45) is 4.80. The second-order valence-corrected chi connectivity index (χ2v) is 15.8. The Bertz CT molecular complexity index is 3240. The summed E-state index contributed by atoms with van der Waals surface area (Å²) in [5.74, 6) is 2.52. The van der Waals surface area contributed by atoms with E-state index in [1.807, 2.05) is 70.5 Å². The normalized spacial score (nSPS) is 14.9. The van der Waals surface area contributed by atoms with Gasteiger partial charge in [-0.05, 0) is 65.2 Å². The summed E-state index contributed by atoms with van der Waals surface area (Å²) in [5.41, 5.74) is 13.4. The summed E-state index contributed by atoms with van der Waals surface area (Å²) in [7, 11) is 2.93. The van der Waals surface area contributed by atoms with Gasteiger partial charge in [0.2, 0.25) is 23.7 Å². The van der Waals surface area contributed by atoms with Gasteiger partial charge in [-0.25, -0.2) is 9.03 Å². The molecule has 2 aliphatic heterocycles. The van der Waals surface area contributed by atoms with E-state index < -0.39 is 0 Å². The van der Waals surface area contributed by atoms with Crippen LogP contribution in [0.5, 0.6) is 11.8 Å². The molecule has 342 valence electrons. The minimum Gasteiger partial charge on any atom is -0.480 e. The molecule has 19 nitrogen and oxygen atoms in total. The van der Waals surface area contributed by atoms with E-state index in [2.05, 4.69) is 41.9 Å². The first-order chi connectivity index (χ1) is 30.5. The molecule has 2 saturated heterocycles. The van der Waals surface area contributed by atoms with Gasteiger partial charge in [0.25, 0.3) is 11.1 Å². The maximum Gasteiger partial charge on any atom is 0.284 e. The Hall–Kier alpha value is -6.51. The molecule has 0 radical (unpaired) electrons. The predicted molar refractivity (Wildman–Crippen MR) is 267 cm³/mol. The van der Waals surface area contributed by atoms with Gasteiger partial charge < -0.3 is 30.7 Å². The number of benzene rings is 2. The molecule has 2 atom stereocenters. The summed E-state index contributed by atoms with van der Waals surface area (Å²) in [5, 5.41) is 19.9. The van der Waals surface area contributed by atoms with Crippen molar-refractivity contribution < 1.29 is 9.47 Å². The average molecular weight is 1040 g/mol. The molecule has 0 amide bonds. The molecular weight excluding hydrogens is 994 g/mol. The van der Waals surface area contributed by atoms with Gasteiger partial charge in [0, 0.05) is 25.5 Å². The number of para-hydroxylation sites is 2. The number of aromatic nitrogens is 10. The molecule has 8 heterocycles. The SMILES string of the molecule is C.COc1nc(N)nc(N2CC[C@H]2c2nn3ccc(Cl)c3c(=O)n2-c2ccccc2)c1Br.COc1nc(N)nc(N2CC[C@H]2c2nn3ccc(Cl)c3c(=O)n2-c2ccccc2)c1C#N.S.S. The van der Waals surface area contributed by atoms with Crippen LogP contribution in [0.1, 0.15) is 49.6 Å². The maximum atomic E-state index is 13.5. The van der Waals surface area contributed by atoms with Crippen molar-refractivity contribution in [2.24, 2.45) is 0 Å². The van der Waals surface area contributed by atoms with Gasteiger partial charge in [-0.1, -0.05) is 67.0 Å². The van der Waals surface area contributed by atoms with E-state index in [4.69, 9.17) is 54.3 Å². The Kier molecular flexibility index (Phi) is 14.8. The first-order valence-corrected chi connectivity index (χ1v) is 20.8. The standard InChI is InChI=1S/C21H17ClN8O2.C20H17BrClN7O2.CH4.2H2S/c1-32-19-13(11-23)17(25-21(24)26-19)28-9-8-15(28)18-27-29-10-7-14(22)16(29)20(31)30(18)12-5-3-2-4-6-12;1-31-18-14(21)17(24-20(23)25-18)27-9-8-13(27)16-26-28-10-7-12(22)15(28)19(30)29(16)11-5-3-2-4-6-11;;;/h2-7,10,15H,8-9H2,1H3,(H2,24,25,26);2-7,10,13H,8-9H2,1H3,(H2,23,24,25);1H4;2*1H2/t15-;13-;;;/m00.../s1. The minimum atomic E-state index is -0.334. The molecule has 2 aromatic carbocycles. The van der Waals surface area contributed by atoms with E-state index in [9.17, 15) is 14.9 Å². The van der Waals surface area contributed by atoms with Crippen LogP contribution < -0.4 is 41.9 Å². The van der Waals surface area contributed by atoms with Crippen LogP contribution in [-0.4, -0.2) is 75.6 Å². The topological polar surface area (TPSA) is 231 Å². The second kappa shape index (κ2) is 19.9. The maximum absolute atomic E-state index is 13.5. The number of nitrogen functional groups attached to an aromatic ring is 2. The fraction of sp³-hybridized carbons (Fsp3) is 0.214. The van der Waals surface area contributed by atoms with Crippen molar-refractivity contribution in [1.82, 2.24) is 48.3 Å². The molecule has 0 saturated carbocycles. The van der Waals surface area contributed by atoms with Crippen LogP contribution >= 0.6 is 66.1 Å². The number of halogens is 3. The molecule has 2 fully saturated rings. The van der Waals surface area contributed by atoms with E-state index in [-0.39, 0.29) is 86.5 Å².